The second kappa shape index (κ2) is 84.7. The minimum Gasteiger partial charge on any atom is -0.466 e. The van der Waals surface area contributed by atoms with Crippen LogP contribution in [-0.4, -0.2) is 131 Å². The van der Waals surface area contributed by atoms with Crippen LogP contribution in [0.15, 0.2) is 0 Å². The van der Waals surface area contributed by atoms with E-state index in [1.54, 1.807) is 69.2 Å². The second-order valence-corrected chi connectivity index (χ2v) is 10.2. The summed E-state index contributed by atoms with van der Waals surface area (Å²) in [5.74, 6) is -2.11. The van der Waals surface area contributed by atoms with E-state index in [1.807, 2.05) is 0 Å². The first-order valence-corrected chi connectivity index (χ1v) is 20.6. The van der Waals surface area contributed by atoms with E-state index in [0.29, 0.717) is 66.1 Å². The van der Waals surface area contributed by atoms with Gasteiger partial charge in [0.05, 0.1) is 71.4 Å². The van der Waals surface area contributed by atoms with Crippen molar-refractivity contribution in [2.75, 3.05) is 71.4 Å². The maximum atomic E-state index is 9.82. The largest absolute Gasteiger partial charge is 0.466 e. The molecule has 0 aliphatic rings. The van der Waals surface area contributed by atoms with Crippen LogP contribution in [0.2, 0.25) is 0 Å². The molecule has 0 unspecified atom stereocenters. The molecule has 63 heavy (non-hydrogen) atoms. The third kappa shape index (κ3) is 274. The Hall–Kier alpha value is -4.72. The van der Waals surface area contributed by atoms with Crippen LogP contribution in [0.4, 0.5) is 0 Å². The molecule has 0 radical (unpaired) electrons. The Morgan fingerprint density at radius 3 is 0.270 bits per heavy atom. The van der Waals surface area contributed by atoms with Gasteiger partial charge >= 0.3 is 59.7 Å². The van der Waals surface area contributed by atoms with Crippen LogP contribution in [0, 0.1) is 0 Å². The SMILES string of the molecule is CCOC(C)=O.CCOC(C)=O.CCOC(C)=O.CCOC(C)=O.CCOC(C)=O.CCOC(C)=O.CCOC(C)=O.CCOC(C)=O.CCOC(C)=O.CCOC(C)=O.ClCCl. The van der Waals surface area contributed by atoms with E-state index in [4.69, 9.17) is 23.2 Å². The maximum absolute atomic E-state index is 9.82. The molecular weight excluding hydrogens is 883 g/mol. The number of rotatable bonds is 10. The van der Waals surface area contributed by atoms with Gasteiger partial charge in [-0.25, -0.2) is 0 Å². The van der Waals surface area contributed by atoms with Gasteiger partial charge in [0.2, 0.25) is 0 Å². The van der Waals surface area contributed by atoms with Gasteiger partial charge in [0.1, 0.15) is 0 Å². The van der Waals surface area contributed by atoms with E-state index < -0.39 is 0 Å². The Morgan fingerprint density at radius 2 is 0.270 bits per heavy atom. The Kier molecular flexibility index (Phi) is 115. The lowest BCUT2D eigenvalue weighted by Crippen LogP contribution is -1.95. The van der Waals surface area contributed by atoms with Gasteiger partial charge in [0, 0.05) is 69.2 Å². The van der Waals surface area contributed by atoms with Gasteiger partial charge in [-0.1, -0.05) is 0 Å². The fraction of sp³-hybridized carbons (Fsp3) is 0.756. The van der Waals surface area contributed by atoms with Crippen molar-refractivity contribution in [3.05, 3.63) is 0 Å². The van der Waals surface area contributed by atoms with Crippen LogP contribution < -0.4 is 0 Å². The summed E-state index contributed by atoms with van der Waals surface area (Å²) < 4.78 is 44.0. The molecule has 0 aliphatic carbocycles. The Labute approximate surface area is 387 Å². The molecule has 0 fully saturated rings. The third-order valence-corrected chi connectivity index (χ3v) is 3.48. The predicted molar refractivity (Wildman–Crippen MR) is 240 cm³/mol. The highest BCUT2D eigenvalue weighted by Crippen LogP contribution is 1.75. The fourth-order valence-electron chi connectivity index (χ4n) is 2.03. The molecular formula is C41H82Cl2O20. The van der Waals surface area contributed by atoms with E-state index in [2.05, 4.69) is 47.4 Å². The van der Waals surface area contributed by atoms with Gasteiger partial charge in [-0.15, -0.1) is 23.2 Å². The first-order valence-electron chi connectivity index (χ1n) is 19.6. The summed E-state index contributed by atoms with van der Waals surface area (Å²) in [5, 5.41) is 0.194. The van der Waals surface area contributed by atoms with Crippen molar-refractivity contribution >= 4 is 82.9 Å². The van der Waals surface area contributed by atoms with Gasteiger partial charge in [-0.05, 0) is 69.2 Å². The number of alkyl halides is 2. The topological polar surface area (TPSA) is 263 Å². The molecule has 0 aromatic rings. The van der Waals surface area contributed by atoms with Crippen molar-refractivity contribution in [2.24, 2.45) is 0 Å². The van der Waals surface area contributed by atoms with Crippen LogP contribution in [0.5, 0.6) is 0 Å². The van der Waals surface area contributed by atoms with Crippen LogP contribution in [0.3, 0.4) is 0 Å². The normalized spacial score (nSPS) is 7.59. The smallest absolute Gasteiger partial charge is 0.302 e. The summed E-state index contributed by atoms with van der Waals surface area (Å²) in [6, 6.07) is 0. The minimum atomic E-state index is -0.211. The molecule has 0 atom stereocenters. The lowest BCUT2D eigenvalue weighted by molar-refractivity contribution is -0.141. The van der Waals surface area contributed by atoms with Gasteiger partial charge in [-0.3, -0.25) is 47.9 Å². The number of hydrogen-bond acceptors (Lipinski definition) is 20. The highest BCUT2D eigenvalue weighted by atomic mass is 35.5. The highest BCUT2D eigenvalue weighted by molar-refractivity contribution is 6.40. The van der Waals surface area contributed by atoms with Gasteiger partial charge in [0.15, 0.2) is 0 Å². The van der Waals surface area contributed by atoms with Gasteiger partial charge < -0.3 is 47.4 Å². The molecule has 0 aromatic heterocycles. The average Bonchev–Trinajstić information content (AvgIpc) is 3.10. The van der Waals surface area contributed by atoms with Crippen molar-refractivity contribution in [1.82, 2.24) is 0 Å². The number of carbonyl (C=O) groups is 10. The van der Waals surface area contributed by atoms with Crippen LogP contribution in [0.1, 0.15) is 138 Å². The number of esters is 10. The summed E-state index contributed by atoms with van der Waals surface area (Å²) >= 11 is 9.53. The summed E-state index contributed by atoms with van der Waals surface area (Å²) in [4.78, 5) is 98.2. The average molecular weight is 966 g/mol. The molecule has 0 N–H and O–H groups in total. The van der Waals surface area contributed by atoms with Crippen LogP contribution >= 0.6 is 23.2 Å². The summed E-state index contributed by atoms with van der Waals surface area (Å²) in [6.45, 7) is 36.5. The Morgan fingerprint density at radius 1 is 0.222 bits per heavy atom. The molecule has 22 heteroatoms. The minimum absolute atomic E-state index is 0.194. The lowest BCUT2D eigenvalue weighted by Gasteiger charge is -1.89. The standard InChI is InChI=1S/10C4H8O2.CH2Cl2/c10*1-3-6-4(2)5;2-1-3/h10*3H2,1-2H3;1H2. The highest BCUT2D eigenvalue weighted by Gasteiger charge is 1.86. The zero-order valence-corrected chi connectivity index (χ0v) is 43.2. The first-order chi connectivity index (χ1) is 29.1. The second-order valence-electron chi connectivity index (χ2n) is 9.35. The number of ether oxygens (including phenoxy) is 10. The maximum Gasteiger partial charge on any atom is 0.302 e. The molecule has 0 saturated heterocycles. The third-order valence-electron chi connectivity index (χ3n) is 3.48. The number of halogens is 2. The monoisotopic (exact) mass is 964 g/mol. The summed E-state index contributed by atoms with van der Waals surface area (Å²) in [6.07, 6.45) is 0. The van der Waals surface area contributed by atoms with Crippen LogP contribution in [0.25, 0.3) is 0 Å². The Balaban J connectivity index is -0.0000000526. The Bertz CT molecular complexity index is 790. The first kappa shape index (κ1) is 85.5. The van der Waals surface area contributed by atoms with Gasteiger partial charge in [-0.2, -0.15) is 0 Å². The molecule has 0 aromatic carbocycles. The van der Waals surface area contributed by atoms with E-state index in [0.717, 1.165) is 0 Å². The molecule has 0 heterocycles. The predicted octanol–water partition coefficient (Wildman–Crippen LogP) is 7.12. The molecule has 0 rings (SSSR count). The molecule has 0 amide bonds. The molecule has 0 spiro atoms. The number of hydrogen-bond donors (Lipinski definition) is 0. The number of carbonyl (C=O) groups excluding carboxylic acids is 10. The molecule has 20 nitrogen and oxygen atoms in total. The molecule has 0 saturated carbocycles. The zero-order valence-electron chi connectivity index (χ0n) is 41.7. The molecule has 0 bridgehead atoms. The van der Waals surface area contributed by atoms with Crippen molar-refractivity contribution < 1.29 is 95.3 Å². The van der Waals surface area contributed by atoms with Crippen molar-refractivity contribution in [3.8, 4) is 0 Å². The molecule has 380 valence electrons. The van der Waals surface area contributed by atoms with E-state index in [1.165, 1.54) is 69.2 Å². The lowest BCUT2D eigenvalue weighted by atomic mass is 10.8. The fourth-order valence-corrected chi connectivity index (χ4v) is 2.03. The van der Waals surface area contributed by atoms with E-state index in [-0.39, 0.29) is 65.0 Å². The quantitative estimate of drug-likeness (QED) is 0.120. The summed E-state index contributed by atoms with van der Waals surface area (Å²) in [7, 11) is 0. The van der Waals surface area contributed by atoms with Crippen molar-refractivity contribution in [3.63, 3.8) is 0 Å². The van der Waals surface area contributed by atoms with Gasteiger partial charge in [0.25, 0.3) is 0 Å². The summed E-state index contributed by atoms with van der Waals surface area (Å²) in [5.41, 5.74) is 0. The van der Waals surface area contributed by atoms with Crippen molar-refractivity contribution in [2.45, 2.75) is 138 Å². The van der Waals surface area contributed by atoms with E-state index in [9.17, 15) is 47.9 Å². The van der Waals surface area contributed by atoms with Crippen LogP contribution in [-0.2, 0) is 95.3 Å². The van der Waals surface area contributed by atoms with Crippen molar-refractivity contribution in [1.29, 1.82) is 0 Å². The molecule has 0 aliphatic heterocycles. The van der Waals surface area contributed by atoms with E-state index >= 15 is 0 Å². The zero-order chi connectivity index (χ0) is 52.6.